The molecule has 1 fully saturated rings. The minimum absolute atomic E-state index is 0.200. The van der Waals surface area contributed by atoms with Crippen molar-refractivity contribution in [2.75, 3.05) is 41.8 Å². The number of carbonyl (C=O) groups is 2. The standard InChI is InChI=1S/C18H21N5O4/c1-13(24)19-14-3-2-4-15(11-14)20-17(25)12-23-18(26)6-5-16(21-23)22-7-9-27-10-8-22/h2-6,11H,7-10,12H2,1H3,(H,19,24)(H,20,25). The smallest absolute Gasteiger partial charge is 0.267 e. The summed E-state index contributed by atoms with van der Waals surface area (Å²) in [6.45, 7) is 3.78. The van der Waals surface area contributed by atoms with Crippen LogP contribution in [0.25, 0.3) is 0 Å². The van der Waals surface area contributed by atoms with Crippen molar-refractivity contribution in [2.45, 2.75) is 13.5 Å². The first-order valence-corrected chi connectivity index (χ1v) is 8.59. The number of aromatic nitrogens is 2. The van der Waals surface area contributed by atoms with Gasteiger partial charge in [-0.05, 0) is 24.3 Å². The lowest BCUT2D eigenvalue weighted by Crippen LogP contribution is -2.38. The number of nitrogens with one attached hydrogen (secondary N) is 2. The molecular formula is C18H21N5O4. The molecule has 2 N–H and O–H groups in total. The van der Waals surface area contributed by atoms with Crippen LogP contribution in [0.4, 0.5) is 17.2 Å². The van der Waals surface area contributed by atoms with Crippen LogP contribution in [0.2, 0.25) is 0 Å². The van der Waals surface area contributed by atoms with Crippen molar-refractivity contribution in [1.82, 2.24) is 9.78 Å². The Hall–Kier alpha value is -3.20. The number of anilines is 3. The van der Waals surface area contributed by atoms with Gasteiger partial charge in [-0.3, -0.25) is 14.4 Å². The molecular weight excluding hydrogens is 350 g/mol. The van der Waals surface area contributed by atoms with Crippen molar-refractivity contribution >= 4 is 29.0 Å². The molecule has 27 heavy (non-hydrogen) atoms. The van der Waals surface area contributed by atoms with Crippen LogP contribution in [0.5, 0.6) is 0 Å². The second-order valence-corrected chi connectivity index (χ2v) is 6.10. The molecule has 1 aromatic carbocycles. The van der Waals surface area contributed by atoms with E-state index < -0.39 is 0 Å². The van der Waals surface area contributed by atoms with E-state index in [0.717, 1.165) is 4.68 Å². The Kier molecular flexibility index (Phi) is 5.82. The molecule has 142 valence electrons. The average molecular weight is 371 g/mol. The number of ether oxygens (including phenoxy) is 1. The van der Waals surface area contributed by atoms with Crippen LogP contribution in [-0.4, -0.2) is 47.9 Å². The summed E-state index contributed by atoms with van der Waals surface area (Å²) in [7, 11) is 0. The van der Waals surface area contributed by atoms with Crippen molar-refractivity contribution in [3.8, 4) is 0 Å². The molecule has 1 aliphatic heterocycles. The van der Waals surface area contributed by atoms with Gasteiger partial charge >= 0.3 is 0 Å². The van der Waals surface area contributed by atoms with Gasteiger partial charge in [0.1, 0.15) is 12.4 Å². The number of amides is 2. The van der Waals surface area contributed by atoms with Gasteiger partial charge in [-0.15, -0.1) is 0 Å². The minimum atomic E-state index is -0.385. The van der Waals surface area contributed by atoms with E-state index in [2.05, 4.69) is 15.7 Å². The summed E-state index contributed by atoms with van der Waals surface area (Å²) in [5.74, 6) is 0.0521. The third-order valence-electron chi connectivity index (χ3n) is 3.95. The zero-order valence-corrected chi connectivity index (χ0v) is 15.0. The lowest BCUT2D eigenvalue weighted by atomic mass is 10.2. The highest BCUT2D eigenvalue weighted by molar-refractivity contribution is 5.93. The Bertz CT molecular complexity index is 889. The van der Waals surface area contributed by atoms with Gasteiger partial charge in [-0.1, -0.05) is 6.07 Å². The molecule has 0 radical (unpaired) electrons. The Labute approximate surface area is 155 Å². The van der Waals surface area contributed by atoms with E-state index in [0.29, 0.717) is 43.5 Å². The molecule has 9 heteroatoms. The topological polar surface area (TPSA) is 106 Å². The molecule has 0 atom stereocenters. The van der Waals surface area contributed by atoms with Gasteiger partial charge in [0.05, 0.1) is 13.2 Å². The third kappa shape index (κ3) is 5.14. The summed E-state index contributed by atoms with van der Waals surface area (Å²) in [6.07, 6.45) is 0. The number of hydrogen-bond donors (Lipinski definition) is 2. The first-order chi connectivity index (χ1) is 13.0. The molecule has 2 heterocycles. The van der Waals surface area contributed by atoms with Crippen LogP contribution in [0.3, 0.4) is 0 Å². The molecule has 0 bridgehead atoms. The third-order valence-corrected chi connectivity index (χ3v) is 3.95. The predicted octanol–water partition coefficient (Wildman–Crippen LogP) is 0.677. The maximum atomic E-state index is 12.3. The first-order valence-electron chi connectivity index (χ1n) is 8.59. The van der Waals surface area contributed by atoms with Crippen LogP contribution in [0.15, 0.2) is 41.2 Å². The van der Waals surface area contributed by atoms with Gasteiger partial charge in [0.25, 0.3) is 5.56 Å². The summed E-state index contributed by atoms with van der Waals surface area (Å²) in [6, 6.07) is 9.82. The van der Waals surface area contributed by atoms with E-state index in [1.807, 2.05) is 4.90 Å². The van der Waals surface area contributed by atoms with Crippen molar-refractivity contribution in [2.24, 2.45) is 0 Å². The van der Waals surface area contributed by atoms with Crippen LogP contribution < -0.4 is 21.1 Å². The maximum Gasteiger partial charge on any atom is 0.267 e. The van der Waals surface area contributed by atoms with Gasteiger partial charge in [-0.25, -0.2) is 4.68 Å². The lowest BCUT2D eigenvalue weighted by Gasteiger charge is -2.27. The number of nitrogens with zero attached hydrogens (tertiary/aromatic N) is 3. The minimum Gasteiger partial charge on any atom is -0.378 e. The predicted molar refractivity (Wildman–Crippen MR) is 101 cm³/mol. The van der Waals surface area contributed by atoms with Gasteiger partial charge in [0.2, 0.25) is 11.8 Å². The molecule has 1 saturated heterocycles. The van der Waals surface area contributed by atoms with Crippen LogP contribution in [0.1, 0.15) is 6.92 Å². The van der Waals surface area contributed by atoms with E-state index >= 15 is 0 Å². The van der Waals surface area contributed by atoms with Crippen molar-refractivity contribution in [1.29, 1.82) is 0 Å². The Morgan fingerprint density at radius 3 is 2.52 bits per heavy atom. The summed E-state index contributed by atoms with van der Waals surface area (Å²) in [5, 5.41) is 9.65. The highest BCUT2D eigenvalue weighted by Crippen LogP contribution is 2.15. The Balaban J connectivity index is 1.68. The van der Waals surface area contributed by atoms with Crippen molar-refractivity contribution < 1.29 is 14.3 Å². The summed E-state index contributed by atoms with van der Waals surface area (Å²) in [5.41, 5.74) is 0.739. The van der Waals surface area contributed by atoms with Gasteiger partial charge in [0, 0.05) is 37.5 Å². The molecule has 0 aliphatic carbocycles. The fourth-order valence-corrected chi connectivity index (χ4v) is 2.73. The summed E-state index contributed by atoms with van der Waals surface area (Å²) < 4.78 is 6.45. The molecule has 0 spiro atoms. The largest absolute Gasteiger partial charge is 0.378 e. The second-order valence-electron chi connectivity index (χ2n) is 6.10. The van der Waals surface area contributed by atoms with E-state index in [9.17, 15) is 14.4 Å². The average Bonchev–Trinajstić information content (AvgIpc) is 2.64. The first kappa shape index (κ1) is 18.6. The van der Waals surface area contributed by atoms with E-state index in [1.54, 1.807) is 30.3 Å². The molecule has 0 unspecified atom stereocenters. The zero-order valence-electron chi connectivity index (χ0n) is 15.0. The normalized spacial score (nSPS) is 13.9. The van der Waals surface area contributed by atoms with Gasteiger partial charge < -0.3 is 20.3 Å². The fraction of sp³-hybridized carbons (Fsp3) is 0.333. The Morgan fingerprint density at radius 1 is 1.11 bits per heavy atom. The number of morpholine rings is 1. The fourth-order valence-electron chi connectivity index (χ4n) is 2.73. The SMILES string of the molecule is CC(=O)Nc1cccc(NC(=O)Cn2nc(N3CCOCC3)ccc2=O)c1. The van der Waals surface area contributed by atoms with Crippen LogP contribution in [-0.2, 0) is 20.9 Å². The van der Waals surface area contributed by atoms with Crippen molar-refractivity contribution in [3.05, 3.63) is 46.8 Å². The number of hydrogen-bond acceptors (Lipinski definition) is 6. The quantitative estimate of drug-likeness (QED) is 0.801. The lowest BCUT2D eigenvalue weighted by molar-refractivity contribution is -0.117. The van der Waals surface area contributed by atoms with E-state index in [1.165, 1.54) is 13.0 Å². The molecule has 3 rings (SSSR count). The number of carbonyl (C=O) groups excluding carboxylic acids is 2. The zero-order chi connectivity index (χ0) is 19.2. The van der Waals surface area contributed by atoms with Gasteiger partial charge in [0.15, 0.2) is 0 Å². The van der Waals surface area contributed by atoms with Crippen LogP contribution in [0, 0.1) is 0 Å². The maximum absolute atomic E-state index is 12.3. The monoisotopic (exact) mass is 371 g/mol. The van der Waals surface area contributed by atoms with Crippen LogP contribution >= 0.6 is 0 Å². The molecule has 2 aromatic rings. The van der Waals surface area contributed by atoms with E-state index in [-0.39, 0.29) is 23.9 Å². The number of rotatable bonds is 5. The highest BCUT2D eigenvalue weighted by Gasteiger charge is 2.14. The van der Waals surface area contributed by atoms with Crippen molar-refractivity contribution in [3.63, 3.8) is 0 Å². The summed E-state index contributed by atoms with van der Waals surface area (Å²) in [4.78, 5) is 37.5. The molecule has 2 amide bonds. The number of benzene rings is 1. The summed E-state index contributed by atoms with van der Waals surface area (Å²) >= 11 is 0. The highest BCUT2D eigenvalue weighted by atomic mass is 16.5. The van der Waals surface area contributed by atoms with E-state index in [4.69, 9.17) is 4.74 Å². The second kappa shape index (κ2) is 8.45. The van der Waals surface area contributed by atoms with Gasteiger partial charge in [-0.2, -0.15) is 5.10 Å². The molecule has 0 saturated carbocycles. The molecule has 9 nitrogen and oxygen atoms in total. The molecule has 1 aromatic heterocycles. The molecule has 1 aliphatic rings. The Morgan fingerprint density at radius 2 is 1.81 bits per heavy atom.